The second kappa shape index (κ2) is 7.06. The van der Waals surface area contributed by atoms with Gasteiger partial charge in [0.2, 0.25) is 0 Å². The molecule has 0 spiro atoms. The Balaban J connectivity index is 1.72. The molecule has 1 aliphatic rings. The van der Waals surface area contributed by atoms with Crippen LogP contribution in [0.4, 0.5) is 0 Å². The van der Waals surface area contributed by atoms with Crippen molar-refractivity contribution in [3.8, 4) is 0 Å². The Bertz CT molecular complexity index is 566. The molecule has 6 heteroatoms. The highest BCUT2D eigenvalue weighted by Gasteiger charge is 2.18. The molecule has 0 radical (unpaired) electrons. The second-order valence-corrected chi connectivity index (χ2v) is 6.20. The van der Waals surface area contributed by atoms with Gasteiger partial charge >= 0.3 is 0 Å². The fraction of sp³-hybridized carbons (Fsp3) is 0.467. The summed E-state index contributed by atoms with van der Waals surface area (Å²) in [6.45, 7) is 2.93. The monoisotopic (exact) mass is 304 g/mol. The van der Waals surface area contributed by atoms with E-state index in [1.807, 2.05) is 18.2 Å². The predicted octanol–water partition coefficient (Wildman–Crippen LogP) is 1.91. The van der Waals surface area contributed by atoms with Crippen LogP contribution in [0.2, 0.25) is 0 Å². The van der Waals surface area contributed by atoms with Crippen LogP contribution in [-0.2, 0) is 17.8 Å². The van der Waals surface area contributed by atoms with Crippen LogP contribution in [0.1, 0.15) is 17.8 Å². The zero-order valence-corrected chi connectivity index (χ0v) is 12.8. The number of aromatic nitrogens is 3. The van der Waals surface area contributed by atoms with Crippen molar-refractivity contribution >= 4 is 11.8 Å². The first kappa shape index (κ1) is 14.6. The van der Waals surface area contributed by atoms with E-state index in [9.17, 15) is 0 Å². The summed E-state index contributed by atoms with van der Waals surface area (Å²) in [5.74, 6) is 2.49. The number of benzene rings is 1. The summed E-state index contributed by atoms with van der Waals surface area (Å²) in [5, 5.41) is 9.46. The summed E-state index contributed by atoms with van der Waals surface area (Å²) < 4.78 is 7.54. The standard InChI is InChI=1S/C15H20N4OS/c16-8-14-17-18-15(21-11-13-6-7-20-10-13)19(14)9-12-4-2-1-3-5-12/h1-5,13H,6-11,16H2/t13-/m0/s1. The van der Waals surface area contributed by atoms with Crippen molar-refractivity contribution in [3.63, 3.8) is 0 Å². The number of ether oxygens (including phenoxy) is 1. The predicted molar refractivity (Wildman–Crippen MR) is 83.1 cm³/mol. The van der Waals surface area contributed by atoms with Crippen molar-refractivity contribution in [2.24, 2.45) is 11.7 Å². The number of nitrogens with two attached hydrogens (primary N) is 1. The lowest BCUT2D eigenvalue weighted by molar-refractivity contribution is 0.189. The van der Waals surface area contributed by atoms with Gasteiger partial charge in [-0.2, -0.15) is 0 Å². The van der Waals surface area contributed by atoms with Crippen LogP contribution in [0.5, 0.6) is 0 Å². The van der Waals surface area contributed by atoms with Gasteiger partial charge in [-0.25, -0.2) is 0 Å². The third-order valence-corrected chi connectivity index (χ3v) is 4.83. The first-order valence-electron chi connectivity index (χ1n) is 7.23. The van der Waals surface area contributed by atoms with Crippen LogP contribution >= 0.6 is 11.8 Å². The molecule has 2 N–H and O–H groups in total. The first-order valence-corrected chi connectivity index (χ1v) is 8.22. The molecule has 2 aromatic rings. The van der Waals surface area contributed by atoms with Crippen LogP contribution in [-0.4, -0.2) is 33.7 Å². The van der Waals surface area contributed by atoms with E-state index in [1.54, 1.807) is 11.8 Å². The Hall–Kier alpha value is -1.37. The van der Waals surface area contributed by atoms with Gasteiger partial charge in [0, 0.05) is 12.4 Å². The SMILES string of the molecule is NCc1nnc(SC[C@H]2CCOC2)n1Cc1ccccc1. The van der Waals surface area contributed by atoms with Gasteiger partial charge in [0.1, 0.15) is 5.82 Å². The molecule has 0 bridgehead atoms. The molecule has 1 aromatic carbocycles. The van der Waals surface area contributed by atoms with Crippen molar-refractivity contribution in [1.82, 2.24) is 14.8 Å². The van der Waals surface area contributed by atoms with E-state index in [2.05, 4.69) is 26.9 Å². The number of thioether (sulfide) groups is 1. The third-order valence-electron chi connectivity index (χ3n) is 3.63. The lowest BCUT2D eigenvalue weighted by Crippen LogP contribution is -2.11. The number of rotatable bonds is 6. The van der Waals surface area contributed by atoms with Crippen molar-refractivity contribution in [2.75, 3.05) is 19.0 Å². The summed E-state index contributed by atoms with van der Waals surface area (Å²) in [6, 6.07) is 10.3. The quantitative estimate of drug-likeness (QED) is 0.826. The molecule has 1 atom stereocenters. The van der Waals surface area contributed by atoms with E-state index in [4.69, 9.17) is 10.5 Å². The Labute approximate surface area is 128 Å². The number of hydrogen-bond acceptors (Lipinski definition) is 5. The van der Waals surface area contributed by atoms with Crippen molar-refractivity contribution in [1.29, 1.82) is 0 Å². The van der Waals surface area contributed by atoms with E-state index >= 15 is 0 Å². The van der Waals surface area contributed by atoms with Gasteiger partial charge in [-0.15, -0.1) is 10.2 Å². The summed E-state index contributed by atoms with van der Waals surface area (Å²) in [7, 11) is 0. The zero-order chi connectivity index (χ0) is 14.5. The summed E-state index contributed by atoms with van der Waals surface area (Å²) in [6.07, 6.45) is 1.14. The fourth-order valence-corrected chi connectivity index (χ4v) is 3.48. The molecule has 0 unspecified atom stereocenters. The molecule has 5 nitrogen and oxygen atoms in total. The minimum atomic E-state index is 0.410. The molecule has 0 amide bonds. The molecule has 1 fully saturated rings. The minimum absolute atomic E-state index is 0.410. The lowest BCUT2D eigenvalue weighted by atomic mass is 10.2. The topological polar surface area (TPSA) is 66.0 Å². The maximum absolute atomic E-state index is 5.78. The Morgan fingerprint density at radius 1 is 1.29 bits per heavy atom. The van der Waals surface area contributed by atoms with E-state index in [0.29, 0.717) is 12.5 Å². The Morgan fingerprint density at radius 3 is 2.86 bits per heavy atom. The summed E-state index contributed by atoms with van der Waals surface area (Å²) >= 11 is 1.75. The van der Waals surface area contributed by atoms with Gasteiger partial charge in [-0.05, 0) is 17.9 Å². The molecule has 2 heterocycles. The molecule has 21 heavy (non-hydrogen) atoms. The number of hydrogen-bond donors (Lipinski definition) is 1. The van der Waals surface area contributed by atoms with Gasteiger partial charge in [0.25, 0.3) is 0 Å². The van der Waals surface area contributed by atoms with Crippen molar-refractivity contribution in [3.05, 3.63) is 41.7 Å². The van der Waals surface area contributed by atoms with E-state index in [1.165, 1.54) is 5.56 Å². The summed E-state index contributed by atoms with van der Waals surface area (Å²) in [4.78, 5) is 0. The van der Waals surface area contributed by atoms with Crippen LogP contribution in [0.25, 0.3) is 0 Å². The molecule has 3 rings (SSSR count). The second-order valence-electron chi connectivity index (χ2n) is 5.22. The van der Waals surface area contributed by atoms with Crippen LogP contribution in [0, 0.1) is 5.92 Å². The van der Waals surface area contributed by atoms with Crippen molar-refractivity contribution < 1.29 is 4.74 Å². The third kappa shape index (κ3) is 3.64. The highest BCUT2D eigenvalue weighted by molar-refractivity contribution is 7.99. The molecule has 1 aliphatic heterocycles. The van der Waals surface area contributed by atoms with Crippen LogP contribution < -0.4 is 5.73 Å². The van der Waals surface area contributed by atoms with Crippen LogP contribution in [0.15, 0.2) is 35.5 Å². The molecule has 112 valence electrons. The molecule has 1 aromatic heterocycles. The average Bonchev–Trinajstić information content (AvgIpc) is 3.16. The van der Waals surface area contributed by atoms with Gasteiger partial charge in [-0.1, -0.05) is 42.1 Å². The maximum Gasteiger partial charge on any atom is 0.191 e. The fourth-order valence-electron chi connectivity index (χ4n) is 2.41. The minimum Gasteiger partial charge on any atom is -0.381 e. The number of nitrogens with zero attached hydrogens (tertiary/aromatic N) is 3. The van der Waals surface area contributed by atoms with Gasteiger partial charge in [-0.3, -0.25) is 0 Å². The normalized spacial score (nSPS) is 18.2. The van der Waals surface area contributed by atoms with Gasteiger partial charge < -0.3 is 15.0 Å². The molecular formula is C15H20N4OS. The van der Waals surface area contributed by atoms with E-state index in [-0.39, 0.29) is 0 Å². The largest absolute Gasteiger partial charge is 0.381 e. The molecule has 1 saturated heterocycles. The smallest absolute Gasteiger partial charge is 0.191 e. The maximum atomic E-state index is 5.78. The zero-order valence-electron chi connectivity index (χ0n) is 11.9. The van der Waals surface area contributed by atoms with Crippen molar-refractivity contribution in [2.45, 2.75) is 24.7 Å². The van der Waals surface area contributed by atoms with E-state index < -0.39 is 0 Å². The molecular weight excluding hydrogens is 284 g/mol. The van der Waals surface area contributed by atoms with Gasteiger partial charge in [0.05, 0.1) is 19.7 Å². The molecule has 0 saturated carbocycles. The Morgan fingerprint density at radius 2 is 2.14 bits per heavy atom. The highest BCUT2D eigenvalue weighted by Crippen LogP contribution is 2.24. The van der Waals surface area contributed by atoms with Gasteiger partial charge in [0.15, 0.2) is 5.16 Å². The average molecular weight is 304 g/mol. The van der Waals surface area contributed by atoms with Crippen LogP contribution in [0.3, 0.4) is 0 Å². The lowest BCUT2D eigenvalue weighted by Gasteiger charge is -2.11. The van der Waals surface area contributed by atoms with E-state index in [0.717, 1.165) is 42.9 Å². The molecule has 0 aliphatic carbocycles. The Kier molecular flexibility index (Phi) is 4.90. The first-order chi connectivity index (χ1) is 10.4. The highest BCUT2D eigenvalue weighted by atomic mass is 32.2. The summed E-state index contributed by atoms with van der Waals surface area (Å²) in [5.41, 5.74) is 7.02.